The number of hydrogen-bond donors (Lipinski definition) is 0. The maximum absolute atomic E-state index is 13.4. The maximum atomic E-state index is 13.4. The molecular formula is C26H24F6N4O2. The lowest BCUT2D eigenvalue weighted by molar-refractivity contribution is -0.143. The van der Waals surface area contributed by atoms with Gasteiger partial charge in [-0.25, -0.2) is 9.97 Å². The first-order chi connectivity index (χ1) is 17.9. The molecule has 0 aliphatic carbocycles. The van der Waals surface area contributed by atoms with Gasteiger partial charge in [-0.05, 0) is 23.8 Å². The number of ether oxygens (including phenoxy) is 1. The van der Waals surface area contributed by atoms with Gasteiger partial charge in [-0.2, -0.15) is 26.3 Å². The van der Waals surface area contributed by atoms with Gasteiger partial charge >= 0.3 is 12.4 Å². The lowest BCUT2D eigenvalue weighted by Gasteiger charge is -2.26. The molecule has 1 amide bonds. The Kier molecular flexibility index (Phi) is 8.02. The van der Waals surface area contributed by atoms with Gasteiger partial charge in [0.1, 0.15) is 5.82 Å². The van der Waals surface area contributed by atoms with Gasteiger partial charge in [-0.15, -0.1) is 0 Å². The Labute approximate surface area is 214 Å². The summed E-state index contributed by atoms with van der Waals surface area (Å²) in [5.74, 6) is -0.176. The van der Waals surface area contributed by atoms with Crippen LogP contribution in [0.25, 0.3) is 11.3 Å². The van der Waals surface area contributed by atoms with Crippen LogP contribution in [0.3, 0.4) is 0 Å². The molecule has 3 aromatic rings. The fraction of sp³-hybridized carbons (Fsp3) is 0.346. The topological polar surface area (TPSA) is 58.6 Å². The molecule has 2 aromatic carbocycles. The van der Waals surface area contributed by atoms with Crippen LogP contribution in [0.15, 0.2) is 54.7 Å². The van der Waals surface area contributed by atoms with Gasteiger partial charge in [-0.1, -0.05) is 30.3 Å². The summed E-state index contributed by atoms with van der Waals surface area (Å²) in [5, 5.41) is 0. The highest BCUT2D eigenvalue weighted by molar-refractivity contribution is 5.99. The van der Waals surface area contributed by atoms with Crippen molar-refractivity contribution in [3.63, 3.8) is 0 Å². The second-order valence-electron chi connectivity index (χ2n) is 8.88. The average molecular weight is 538 g/mol. The first kappa shape index (κ1) is 27.5. The van der Waals surface area contributed by atoms with Crippen molar-refractivity contribution in [2.45, 2.75) is 25.4 Å². The normalized spacial score (nSPS) is 14.9. The van der Waals surface area contributed by atoms with E-state index in [4.69, 9.17) is 4.74 Å². The van der Waals surface area contributed by atoms with E-state index in [1.54, 1.807) is 30.3 Å². The predicted molar refractivity (Wildman–Crippen MR) is 126 cm³/mol. The lowest BCUT2D eigenvalue weighted by Crippen LogP contribution is -2.36. The average Bonchev–Trinajstić information content (AvgIpc) is 2.88. The summed E-state index contributed by atoms with van der Waals surface area (Å²) in [6, 6.07) is 10.1. The summed E-state index contributed by atoms with van der Waals surface area (Å²) in [6.45, 7) is 2.50. The van der Waals surface area contributed by atoms with Crippen molar-refractivity contribution in [2.24, 2.45) is 0 Å². The van der Waals surface area contributed by atoms with E-state index >= 15 is 0 Å². The number of rotatable bonds is 6. The van der Waals surface area contributed by atoms with E-state index in [0.29, 0.717) is 62.1 Å². The minimum atomic E-state index is -4.98. The fourth-order valence-electron chi connectivity index (χ4n) is 4.09. The summed E-state index contributed by atoms with van der Waals surface area (Å²) >= 11 is 0. The van der Waals surface area contributed by atoms with Crippen molar-refractivity contribution in [1.29, 1.82) is 0 Å². The molecule has 0 saturated carbocycles. The van der Waals surface area contributed by atoms with Gasteiger partial charge in [0.05, 0.1) is 42.1 Å². The summed E-state index contributed by atoms with van der Waals surface area (Å²) in [6.07, 6.45) is -8.62. The summed E-state index contributed by atoms with van der Waals surface area (Å²) < 4.78 is 85.0. The van der Waals surface area contributed by atoms with Crippen molar-refractivity contribution >= 4 is 5.91 Å². The number of morpholine rings is 1. The van der Waals surface area contributed by atoms with Crippen LogP contribution in [0.5, 0.6) is 0 Å². The van der Waals surface area contributed by atoms with Crippen molar-refractivity contribution in [3.8, 4) is 11.3 Å². The lowest BCUT2D eigenvalue weighted by atomic mass is 10.0. The second kappa shape index (κ2) is 11.1. The van der Waals surface area contributed by atoms with Crippen LogP contribution >= 0.6 is 0 Å². The van der Waals surface area contributed by atoms with Gasteiger partial charge in [-0.3, -0.25) is 9.69 Å². The maximum Gasteiger partial charge on any atom is 0.416 e. The molecule has 0 N–H and O–H groups in total. The third kappa shape index (κ3) is 6.67. The van der Waals surface area contributed by atoms with Crippen LogP contribution in [0.2, 0.25) is 0 Å². The monoisotopic (exact) mass is 538 g/mol. The van der Waals surface area contributed by atoms with Crippen molar-refractivity contribution in [3.05, 3.63) is 82.8 Å². The van der Waals surface area contributed by atoms with E-state index in [0.717, 1.165) is 4.90 Å². The Hall–Kier alpha value is -3.51. The number of carbonyl (C=O) groups is 1. The van der Waals surface area contributed by atoms with Crippen LogP contribution in [-0.4, -0.2) is 59.0 Å². The Morgan fingerprint density at radius 2 is 1.58 bits per heavy atom. The largest absolute Gasteiger partial charge is 0.416 e. The molecule has 4 rings (SSSR count). The Balaban J connectivity index is 1.64. The zero-order valence-corrected chi connectivity index (χ0v) is 20.3. The van der Waals surface area contributed by atoms with Crippen LogP contribution in [-0.2, 0) is 30.2 Å². The van der Waals surface area contributed by atoms with E-state index in [1.165, 1.54) is 13.2 Å². The fourth-order valence-corrected chi connectivity index (χ4v) is 4.09. The van der Waals surface area contributed by atoms with Crippen LogP contribution < -0.4 is 0 Å². The molecule has 38 heavy (non-hydrogen) atoms. The van der Waals surface area contributed by atoms with Gasteiger partial charge < -0.3 is 9.64 Å². The third-order valence-electron chi connectivity index (χ3n) is 6.00. The predicted octanol–water partition coefficient (Wildman–Crippen LogP) is 5.29. The summed E-state index contributed by atoms with van der Waals surface area (Å²) in [5.41, 5.74) is -2.18. The molecular weight excluding hydrogens is 514 g/mol. The number of nitrogens with zero attached hydrogens (tertiary/aromatic N) is 4. The molecule has 2 heterocycles. The molecule has 1 fully saturated rings. The third-order valence-corrected chi connectivity index (χ3v) is 6.00. The molecule has 0 spiro atoms. The highest BCUT2D eigenvalue weighted by atomic mass is 19.4. The van der Waals surface area contributed by atoms with E-state index in [9.17, 15) is 31.1 Å². The van der Waals surface area contributed by atoms with Gasteiger partial charge in [0.15, 0.2) is 0 Å². The molecule has 1 aromatic heterocycles. The van der Waals surface area contributed by atoms with Crippen LogP contribution in [0.1, 0.15) is 32.9 Å². The number of alkyl halides is 6. The Bertz CT molecular complexity index is 1240. The number of aromatic nitrogens is 2. The standard InChI is InChI=1S/C26H24F6N4O2/c1-35(15-17-11-19(25(27,28)29)13-20(12-17)26(30,31)32)24(37)21-14-33-22(16-36-7-9-38-10-8-36)34-23(21)18-5-3-2-4-6-18/h2-6,11-14H,7-10,15-16H2,1H3. The molecule has 1 aliphatic heterocycles. The van der Waals surface area contributed by atoms with E-state index in [1.807, 2.05) is 0 Å². The summed E-state index contributed by atoms with van der Waals surface area (Å²) in [7, 11) is 1.30. The number of benzene rings is 2. The van der Waals surface area contributed by atoms with Crippen LogP contribution in [0.4, 0.5) is 26.3 Å². The number of amides is 1. The molecule has 1 aliphatic rings. The highest BCUT2D eigenvalue weighted by Crippen LogP contribution is 2.36. The molecule has 0 atom stereocenters. The molecule has 0 bridgehead atoms. The molecule has 1 saturated heterocycles. The van der Waals surface area contributed by atoms with Gasteiger partial charge in [0, 0.05) is 38.4 Å². The van der Waals surface area contributed by atoms with E-state index in [-0.39, 0.29) is 17.2 Å². The highest BCUT2D eigenvalue weighted by Gasteiger charge is 2.37. The minimum Gasteiger partial charge on any atom is -0.379 e. The van der Waals surface area contributed by atoms with E-state index in [2.05, 4.69) is 14.9 Å². The number of halogens is 6. The van der Waals surface area contributed by atoms with Gasteiger partial charge in [0.25, 0.3) is 5.91 Å². The molecule has 202 valence electrons. The number of hydrogen-bond acceptors (Lipinski definition) is 5. The van der Waals surface area contributed by atoms with Crippen molar-refractivity contribution in [1.82, 2.24) is 19.8 Å². The molecule has 12 heteroatoms. The van der Waals surface area contributed by atoms with E-state index < -0.39 is 35.9 Å². The van der Waals surface area contributed by atoms with Crippen molar-refractivity contribution < 1.29 is 35.9 Å². The smallest absolute Gasteiger partial charge is 0.379 e. The van der Waals surface area contributed by atoms with Crippen molar-refractivity contribution in [2.75, 3.05) is 33.4 Å². The minimum absolute atomic E-state index is 0.0554. The summed E-state index contributed by atoms with van der Waals surface area (Å²) in [4.78, 5) is 25.5. The number of carbonyl (C=O) groups excluding carboxylic acids is 1. The zero-order valence-electron chi connectivity index (χ0n) is 20.3. The van der Waals surface area contributed by atoms with Crippen LogP contribution in [0, 0.1) is 0 Å². The quantitative estimate of drug-likeness (QED) is 0.400. The zero-order chi connectivity index (χ0) is 27.5. The first-order valence-corrected chi connectivity index (χ1v) is 11.7. The molecule has 0 unspecified atom stereocenters. The molecule has 6 nitrogen and oxygen atoms in total. The van der Waals surface area contributed by atoms with Gasteiger partial charge in [0.2, 0.25) is 0 Å². The Morgan fingerprint density at radius 3 is 2.16 bits per heavy atom. The Morgan fingerprint density at radius 1 is 0.974 bits per heavy atom. The molecule has 0 radical (unpaired) electrons. The second-order valence-corrected chi connectivity index (χ2v) is 8.88. The first-order valence-electron chi connectivity index (χ1n) is 11.7. The SMILES string of the molecule is CN(Cc1cc(C(F)(F)F)cc(C(F)(F)F)c1)C(=O)c1cnc(CN2CCOCC2)nc1-c1ccccc1.